The zero-order chi connectivity index (χ0) is 15.5. The number of carboxylic acid groups (broad SMARTS) is 1. The van der Waals surface area contributed by atoms with Crippen molar-refractivity contribution >= 4 is 5.97 Å². The number of benzene rings is 2. The monoisotopic (exact) mass is 282 g/mol. The van der Waals surface area contributed by atoms with Crippen LogP contribution in [0.5, 0.6) is 5.75 Å². The van der Waals surface area contributed by atoms with E-state index in [4.69, 9.17) is 0 Å². The van der Waals surface area contributed by atoms with Crippen LogP contribution in [0.4, 0.5) is 0 Å². The largest absolute Gasteiger partial charge is 0.508 e. The molecule has 0 aromatic heterocycles. The predicted octanol–water partition coefficient (Wildman–Crippen LogP) is 3.51. The number of hydrogen-bond acceptors (Lipinski definition) is 2. The highest BCUT2D eigenvalue weighted by atomic mass is 16.4. The van der Waals surface area contributed by atoms with Gasteiger partial charge in [0.2, 0.25) is 0 Å². The Morgan fingerprint density at radius 1 is 1.19 bits per heavy atom. The fraction of sp³-hybridized carbons (Fsp3) is 0.167. The maximum atomic E-state index is 11.9. The van der Waals surface area contributed by atoms with Crippen LogP contribution in [0.3, 0.4) is 0 Å². The van der Waals surface area contributed by atoms with Gasteiger partial charge in [-0.25, -0.2) is 0 Å². The van der Waals surface area contributed by atoms with Gasteiger partial charge in [0.15, 0.2) is 0 Å². The third-order valence-electron chi connectivity index (χ3n) is 3.80. The van der Waals surface area contributed by atoms with E-state index < -0.39 is 11.4 Å². The van der Waals surface area contributed by atoms with Gasteiger partial charge >= 0.3 is 5.97 Å². The van der Waals surface area contributed by atoms with E-state index >= 15 is 0 Å². The number of carbonyl (C=O) groups is 1. The Morgan fingerprint density at radius 3 is 2.43 bits per heavy atom. The number of hydrogen-bond donors (Lipinski definition) is 2. The number of phenolic OH excluding ortho intramolecular Hbond substituents is 1. The normalized spacial score (nSPS) is 13.4. The molecule has 0 aliphatic heterocycles. The second kappa shape index (κ2) is 5.83. The standard InChI is InChI=1S/C18H18O3/c1-3-7-13-12-15(10-11-16(13)19)18(2,17(20)21)14-8-5-4-6-9-14/h3-6,8-12,19H,1,7H2,2H3,(H,20,21). The van der Waals surface area contributed by atoms with E-state index in [2.05, 4.69) is 6.58 Å². The lowest BCUT2D eigenvalue weighted by atomic mass is 9.75. The summed E-state index contributed by atoms with van der Waals surface area (Å²) in [6, 6.07) is 14.0. The average molecular weight is 282 g/mol. The number of carboxylic acids is 1. The maximum Gasteiger partial charge on any atom is 0.318 e. The molecular weight excluding hydrogens is 264 g/mol. The summed E-state index contributed by atoms with van der Waals surface area (Å²) in [6.07, 6.45) is 2.17. The molecule has 108 valence electrons. The second-order valence-corrected chi connectivity index (χ2v) is 5.13. The molecule has 2 rings (SSSR count). The van der Waals surface area contributed by atoms with Gasteiger partial charge < -0.3 is 10.2 Å². The van der Waals surface area contributed by atoms with Gasteiger partial charge in [0.05, 0.1) is 0 Å². The summed E-state index contributed by atoms with van der Waals surface area (Å²) >= 11 is 0. The number of aliphatic carboxylic acids is 1. The third kappa shape index (κ3) is 2.68. The zero-order valence-corrected chi connectivity index (χ0v) is 11.9. The summed E-state index contributed by atoms with van der Waals surface area (Å²) in [6.45, 7) is 5.33. The highest BCUT2D eigenvalue weighted by Gasteiger charge is 2.37. The first-order valence-corrected chi connectivity index (χ1v) is 6.72. The molecule has 2 N–H and O–H groups in total. The predicted molar refractivity (Wildman–Crippen MR) is 82.5 cm³/mol. The van der Waals surface area contributed by atoms with Gasteiger partial charge in [0.25, 0.3) is 0 Å². The van der Waals surface area contributed by atoms with Crippen molar-refractivity contribution in [3.05, 3.63) is 77.9 Å². The summed E-state index contributed by atoms with van der Waals surface area (Å²) in [5.74, 6) is -0.775. The van der Waals surface area contributed by atoms with E-state index in [0.29, 0.717) is 23.1 Å². The topological polar surface area (TPSA) is 57.5 Å². The Hall–Kier alpha value is -2.55. The molecule has 0 aliphatic carbocycles. The van der Waals surface area contributed by atoms with Crippen LogP contribution in [-0.2, 0) is 16.6 Å². The van der Waals surface area contributed by atoms with Crippen LogP contribution < -0.4 is 0 Å². The minimum atomic E-state index is -1.16. The SMILES string of the molecule is C=CCc1cc(C(C)(C(=O)O)c2ccccc2)ccc1O. The molecule has 3 heteroatoms. The van der Waals surface area contributed by atoms with Crippen LogP contribution in [0.2, 0.25) is 0 Å². The summed E-state index contributed by atoms with van der Waals surface area (Å²) in [5.41, 5.74) is 0.847. The van der Waals surface area contributed by atoms with Gasteiger partial charge in [-0.15, -0.1) is 6.58 Å². The summed E-state index contributed by atoms with van der Waals surface area (Å²) < 4.78 is 0. The molecule has 1 atom stereocenters. The highest BCUT2D eigenvalue weighted by Crippen LogP contribution is 2.34. The van der Waals surface area contributed by atoms with Crippen molar-refractivity contribution in [1.82, 2.24) is 0 Å². The number of rotatable bonds is 5. The molecule has 21 heavy (non-hydrogen) atoms. The van der Waals surface area contributed by atoms with E-state index in [1.54, 1.807) is 37.3 Å². The summed E-state index contributed by atoms with van der Waals surface area (Å²) in [4.78, 5) is 11.9. The fourth-order valence-corrected chi connectivity index (χ4v) is 2.40. The fourth-order valence-electron chi connectivity index (χ4n) is 2.40. The van der Waals surface area contributed by atoms with Gasteiger partial charge in [0.1, 0.15) is 11.2 Å². The van der Waals surface area contributed by atoms with Crippen LogP contribution in [-0.4, -0.2) is 16.2 Å². The van der Waals surface area contributed by atoms with E-state index in [0.717, 1.165) is 0 Å². The molecular formula is C18H18O3. The van der Waals surface area contributed by atoms with E-state index in [1.807, 2.05) is 18.2 Å². The van der Waals surface area contributed by atoms with Gasteiger partial charge in [-0.2, -0.15) is 0 Å². The first kappa shape index (κ1) is 14.9. The van der Waals surface area contributed by atoms with Crippen molar-refractivity contribution < 1.29 is 15.0 Å². The molecule has 0 saturated carbocycles. The summed E-state index contributed by atoms with van der Waals surface area (Å²) in [7, 11) is 0. The lowest BCUT2D eigenvalue weighted by Gasteiger charge is -2.26. The Morgan fingerprint density at radius 2 is 1.86 bits per heavy atom. The quantitative estimate of drug-likeness (QED) is 0.825. The molecule has 0 radical (unpaired) electrons. The molecule has 0 heterocycles. The lowest BCUT2D eigenvalue weighted by Crippen LogP contribution is -2.33. The van der Waals surface area contributed by atoms with Gasteiger partial charge in [-0.3, -0.25) is 4.79 Å². The highest BCUT2D eigenvalue weighted by molar-refractivity contribution is 5.85. The first-order valence-electron chi connectivity index (χ1n) is 6.72. The molecule has 0 fully saturated rings. The van der Waals surface area contributed by atoms with Gasteiger partial charge in [-0.05, 0) is 36.1 Å². The Kier molecular flexibility index (Phi) is 4.13. The van der Waals surface area contributed by atoms with Crippen molar-refractivity contribution in [3.8, 4) is 5.75 Å². The van der Waals surface area contributed by atoms with Gasteiger partial charge in [-0.1, -0.05) is 48.5 Å². The second-order valence-electron chi connectivity index (χ2n) is 5.13. The van der Waals surface area contributed by atoms with Crippen molar-refractivity contribution in [1.29, 1.82) is 0 Å². The van der Waals surface area contributed by atoms with E-state index in [-0.39, 0.29) is 5.75 Å². The molecule has 1 unspecified atom stereocenters. The smallest absolute Gasteiger partial charge is 0.318 e. The Labute approximate surface area is 124 Å². The molecule has 0 amide bonds. The van der Waals surface area contributed by atoms with Crippen molar-refractivity contribution in [2.24, 2.45) is 0 Å². The first-order chi connectivity index (χ1) is 10.00. The zero-order valence-electron chi connectivity index (χ0n) is 11.9. The van der Waals surface area contributed by atoms with Crippen LogP contribution in [0, 0.1) is 0 Å². The van der Waals surface area contributed by atoms with Gasteiger partial charge in [0, 0.05) is 0 Å². The van der Waals surface area contributed by atoms with Crippen molar-refractivity contribution in [2.45, 2.75) is 18.8 Å². The minimum absolute atomic E-state index is 0.152. The third-order valence-corrected chi connectivity index (χ3v) is 3.80. The molecule has 0 bridgehead atoms. The molecule has 3 nitrogen and oxygen atoms in total. The lowest BCUT2D eigenvalue weighted by molar-refractivity contribution is -0.141. The van der Waals surface area contributed by atoms with Crippen molar-refractivity contribution in [2.75, 3.05) is 0 Å². The number of phenols is 1. The minimum Gasteiger partial charge on any atom is -0.508 e. The van der Waals surface area contributed by atoms with Crippen LogP contribution >= 0.6 is 0 Å². The van der Waals surface area contributed by atoms with E-state index in [9.17, 15) is 15.0 Å². The molecule has 2 aromatic carbocycles. The van der Waals surface area contributed by atoms with E-state index in [1.165, 1.54) is 6.07 Å². The van der Waals surface area contributed by atoms with Crippen molar-refractivity contribution in [3.63, 3.8) is 0 Å². The molecule has 0 saturated heterocycles. The van der Waals surface area contributed by atoms with Crippen LogP contribution in [0.25, 0.3) is 0 Å². The van der Waals surface area contributed by atoms with Crippen LogP contribution in [0.15, 0.2) is 61.2 Å². The molecule has 2 aromatic rings. The number of allylic oxidation sites excluding steroid dienone is 1. The Balaban J connectivity index is 2.61. The maximum absolute atomic E-state index is 11.9. The molecule has 0 spiro atoms. The molecule has 0 aliphatic rings. The van der Waals surface area contributed by atoms with Crippen LogP contribution in [0.1, 0.15) is 23.6 Å². The summed E-state index contributed by atoms with van der Waals surface area (Å²) in [5, 5.41) is 19.6. The average Bonchev–Trinajstić information content (AvgIpc) is 2.49. The Bertz CT molecular complexity index is 661. The number of aromatic hydroxyl groups is 1.